The normalized spacial score (nSPS) is 11.4. The Labute approximate surface area is 104 Å². The van der Waals surface area contributed by atoms with E-state index in [2.05, 4.69) is 37.7 Å². The Hall–Kier alpha value is -0.870. The molecule has 0 aliphatic heterocycles. The molecule has 0 atom stereocenters. The number of aliphatic hydroxyl groups is 1. The van der Waals surface area contributed by atoms with Crippen molar-refractivity contribution in [2.24, 2.45) is 0 Å². The van der Waals surface area contributed by atoms with Crippen molar-refractivity contribution >= 4 is 0 Å². The summed E-state index contributed by atoms with van der Waals surface area (Å²) in [6.45, 7) is 12.3. The zero-order valence-corrected chi connectivity index (χ0v) is 11.5. The van der Waals surface area contributed by atoms with Gasteiger partial charge in [0.2, 0.25) is 0 Å². The van der Waals surface area contributed by atoms with Crippen molar-refractivity contribution in [3.63, 3.8) is 0 Å². The Balaban J connectivity index is 2.80. The molecule has 0 radical (unpaired) electrons. The molecule has 98 valence electrons. The van der Waals surface area contributed by atoms with E-state index in [4.69, 9.17) is 5.11 Å². The van der Waals surface area contributed by atoms with E-state index in [1.165, 1.54) is 11.3 Å². The van der Waals surface area contributed by atoms with Crippen molar-refractivity contribution in [3.8, 4) is 0 Å². The van der Waals surface area contributed by atoms with Crippen LogP contribution in [-0.4, -0.2) is 39.5 Å². The van der Waals surface area contributed by atoms with E-state index < -0.39 is 0 Å². The van der Waals surface area contributed by atoms with Crippen molar-refractivity contribution in [1.29, 1.82) is 0 Å². The van der Waals surface area contributed by atoms with Crippen LogP contribution in [0.25, 0.3) is 0 Å². The number of hydrogen-bond donors (Lipinski definition) is 1. The highest BCUT2D eigenvalue weighted by atomic mass is 16.3. The molecular formula is C13H25N3O. The molecule has 17 heavy (non-hydrogen) atoms. The molecule has 0 aliphatic rings. The molecule has 0 aromatic carbocycles. The smallest absolute Gasteiger partial charge is 0.0641 e. The molecule has 1 aromatic rings. The second kappa shape index (κ2) is 6.77. The van der Waals surface area contributed by atoms with Gasteiger partial charge in [0.1, 0.15) is 0 Å². The number of aliphatic hydroxyl groups excluding tert-OH is 1. The molecule has 0 saturated heterocycles. The first-order valence-corrected chi connectivity index (χ1v) is 6.50. The maximum atomic E-state index is 9.07. The third-order valence-electron chi connectivity index (χ3n) is 3.17. The van der Waals surface area contributed by atoms with Crippen molar-refractivity contribution in [2.45, 2.75) is 47.2 Å². The first-order chi connectivity index (χ1) is 8.13. The molecule has 4 heteroatoms. The Morgan fingerprint density at radius 2 is 1.94 bits per heavy atom. The highest BCUT2D eigenvalue weighted by Crippen LogP contribution is 2.15. The van der Waals surface area contributed by atoms with Crippen molar-refractivity contribution in [2.75, 3.05) is 19.7 Å². The highest BCUT2D eigenvalue weighted by molar-refractivity contribution is 5.24. The predicted molar refractivity (Wildman–Crippen MR) is 70.0 cm³/mol. The summed E-state index contributed by atoms with van der Waals surface area (Å²) in [5.41, 5.74) is 3.68. The molecule has 0 unspecified atom stereocenters. The van der Waals surface area contributed by atoms with Gasteiger partial charge in [0.15, 0.2) is 0 Å². The molecule has 0 saturated carbocycles. The lowest BCUT2D eigenvalue weighted by molar-refractivity contribution is 0.190. The van der Waals surface area contributed by atoms with Gasteiger partial charge < -0.3 is 5.11 Å². The molecular weight excluding hydrogens is 214 g/mol. The first-order valence-electron chi connectivity index (χ1n) is 6.50. The standard InChI is InChI=1S/C13H25N3O/c1-5-7-15(8-9-17)10-13-11(3)14-16(6-2)12(13)4/h17H,5-10H2,1-4H3. The maximum Gasteiger partial charge on any atom is 0.0641 e. The van der Waals surface area contributed by atoms with Gasteiger partial charge in [0, 0.05) is 30.9 Å². The number of hydrogen-bond acceptors (Lipinski definition) is 3. The van der Waals surface area contributed by atoms with Gasteiger partial charge in [-0.2, -0.15) is 5.10 Å². The molecule has 0 amide bonds. The van der Waals surface area contributed by atoms with Gasteiger partial charge in [-0.1, -0.05) is 6.92 Å². The average Bonchev–Trinajstić information content (AvgIpc) is 2.57. The third kappa shape index (κ3) is 3.54. The summed E-state index contributed by atoms with van der Waals surface area (Å²) in [6.07, 6.45) is 1.11. The van der Waals surface area contributed by atoms with Gasteiger partial charge in [-0.05, 0) is 33.7 Å². The molecule has 0 spiro atoms. The van der Waals surface area contributed by atoms with Gasteiger partial charge in [-0.25, -0.2) is 0 Å². The van der Waals surface area contributed by atoms with Crippen LogP contribution >= 0.6 is 0 Å². The molecule has 1 heterocycles. The molecule has 4 nitrogen and oxygen atoms in total. The summed E-state index contributed by atoms with van der Waals surface area (Å²) in [5, 5.41) is 13.6. The molecule has 0 fully saturated rings. The van der Waals surface area contributed by atoms with Crippen LogP contribution in [-0.2, 0) is 13.1 Å². The molecule has 0 aliphatic carbocycles. The van der Waals surface area contributed by atoms with Gasteiger partial charge in [-0.15, -0.1) is 0 Å². The fourth-order valence-electron chi connectivity index (χ4n) is 2.22. The minimum atomic E-state index is 0.222. The molecule has 0 bridgehead atoms. The monoisotopic (exact) mass is 239 g/mol. The Bertz CT molecular complexity index is 341. The Morgan fingerprint density at radius 3 is 2.41 bits per heavy atom. The minimum Gasteiger partial charge on any atom is -0.395 e. The van der Waals surface area contributed by atoms with Crippen LogP contribution in [0, 0.1) is 13.8 Å². The molecule has 1 rings (SSSR count). The SMILES string of the molecule is CCCN(CCO)Cc1c(C)nn(CC)c1C. The summed E-state index contributed by atoms with van der Waals surface area (Å²) in [7, 11) is 0. The van der Waals surface area contributed by atoms with Crippen molar-refractivity contribution in [1.82, 2.24) is 14.7 Å². The second-order valence-electron chi connectivity index (χ2n) is 4.46. The van der Waals surface area contributed by atoms with E-state index in [9.17, 15) is 0 Å². The average molecular weight is 239 g/mol. The summed E-state index contributed by atoms with van der Waals surface area (Å²) in [4.78, 5) is 2.29. The van der Waals surface area contributed by atoms with Crippen LogP contribution in [0.2, 0.25) is 0 Å². The van der Waals surface area contributed by atoms with Crippen LogP contribution in [0.4, 0.5) is 0 Å². The minimum absolute atomic E-state index is 0.222. The summed E-state index contributed by atoms with van der Waals surface area (Å²) in [5.74, 6) is 0. The fourth-order valence-corrected chi connectivity index (χ4v) is 2.22. The van der Waals surface area contributed by atoms with Crippen LogP contribution < -0.4 is 0 Å². The van der Waals surface area contributed by atoms with Crippen LogP contribution in [0.15, 0.2) is 0 Å². The molecule has 1 N–H and O–H groups in total. The lowest BCUT2D eigenvalue weighted by Gasteiger charge is -2.20. The van der Waals surface area contributed by atoms with Crippen LogP contribution in [0.1, 0.15) is 37.2 Å². The topological polar surface area (TPSA) is 41.3 Å². The predicted octanol–water partition coefficient (Wildman–Crippen LogP) is 1.72. The summed E-state index contributed by atoms with van der Waals surface area (Å²) in [6, 6.07) is 0. The largest absolute Gasteiger partial charge is 0.395 e. The van der Waals surface area contributed by atoms with Gasteiger partial charge in [0.25, 0.3) is 0 Å². The van der Waals surface area contributed by atoms with Gasteiger partial charge in [-0.3, -0.25) is 9.58 Å². The third-order valence-corrected chi connectivity index (χ3v) is 3.17. The van der Waals surface area contributed by atoms with E-state index in [1.807, 2.05) is 4.68 Å². The molecule has 1 aromatic heterocycles. The Morgan fingerprint density at radius 1 is 1.24 bits per heavy atom. The van der Waals surface area contributed by atoms with Crippen LogP contribution in [0.3, 0.4) is 0 Å². The van der Waals surface area contributed by atoms with E-state index >= 15 is 0 Å². The van der Waals surface area contributed by atoms with E-state index in [1.54, 1.807) is 0 Å². The van der Waals surface area contributed by atoms with E-state index in [-0.39, 0.29) is 6.61 Å². The second-order valence-corrected chi connectivity index (χ2v) is 4.46. The van der Waals surface area contributed by atoms with Crippen molar-refractivity contribution < 1.29 is 5.11 Å². The quantitative estimate of drug-likeness (QED) is 0.788. The van der Waals surface area contributed by atoms with Gasteiger partial charge >= 0.3 is 0 Å². The van der Waals surface area contributed by atoms with E-state index in [0.717, 1.165) is 38.3 Å². The lowest BCUT2D eigenvalue weighted by Crippen LogP contribution is -2.27. The maximum absolute atomic E-state index is 9.07. The summed E-state index contributed by atoms with van der Waals surface area (Å²) < 4.78 is 2.05. The van der Waals surface area contributed by atoms with Gasteiger partial charge in [0.05, 0.1) is 12.3 Å². The first kappa shape index (κ1) is 14.2. The zero-order valence-electron chi connectivity index (χ0n) is 11.5. The summed E-state index contributed by atoms with van der Waals surface area (Å²) >= 11 is 0. The van der Waals surface area contributed by atoms with E-state index in [0.29, 0.717) is 0 Å². The number of nitrogens with zero attached hydrogens (tertiary/aromatic N) is 3. The fraction of sp³-hybridized carbons (Fsp3) is 0.769. The van der Waals surface area contributed by atoms with Crippen LogP contribution in [0.5, 0.6) is 0 Å². The number of aromatic nitrogens is 2. The van der Waals surface area contributed by atoms with Crippen molar-refractivity contribution in [3.05, 3.63) is 17.0 Å². The Kier molecular flexibility index (Phi) is 5.65. The highest BCUT2D eigenvalue weighted by Gasteiger charge is 2.13. The number of rotatable bonds is 7. The lowest BCUT2D eigenvalue weighted by atomic mass is 10.2. The number of aryl methyl sites for hydroxylation is 2. The zero-order chi connectivity index (χ0) is 12.8.